The molecule has 2 heterocycles. The predicted octanol–water partition coefficient (Wildman–Crippen LogP) is 4.02. The summed E-state index contributed by atoms with van der Waals surface area (Å²) < 4.78 is 0. The molecule has 0 spiro atoms. The summed E-state index contributed by atoms with van der Waals surface area (Å²) in [7, 11) is 1.83. The molecule has 2 unspecified atom stereocenters. The molecule has 132 valence electrons. The van der Waals surface area contributed by atoms with E-state index in [0.29, 0.717) is 6.54 Å². The number of rotatable bonds is 5. The van der Waals surface area contributed by atoms with Crippen LogP contribution < -0.4 is 4.90 Å². The Kier molecular flexibility index (Phi) is 5.23. The monoisotopic (exact) mass is 356 g/mol. The van der Waals surface area contributed by atoms with Gasteiger partial charge < -0.3 is 9.80 Å². The van der Waals surface area contributed by atoms with Crippen molar-refractivity contribution in [1.29, 1.82) is 0 Å². The van der Waals surface area contributed by atoms with Crippen molar-refractivity contribution in [2.45, 2.75) is 32.7 Å². The van der Waals surface area contributed by atoms with Crippen molar-refractivity contribution in [1.82, 2.24) is 4.90 Å². The number of hydrogen-bond donors (Lipinski definition) is 0. The highest BCUT2D eigenvalue weighted by Crippen LogP contribution is 2.43. The first kappa shape index (κ1) is 17.7. The predicted molar refractivity (Wildman–Crippen MR) is 102 cm³/mol. The number of nitrogens with zero attached hydrogens (tertiary/aromatic N) is 2. The average Bonchev–Trinajstić information content (AvgIpc) is 3.22. The van der Waals surface area contributed by atoms with Gasteiger partial charge in [-0.15, -0.1) is 11.3 Å². The van der Waals surface area contributed by atoms with Gasteiger partial charge in [0.25, 0.3) is 0 Å². The van der Waals surface area contributed by atoms with E-state index in [4.69, 9.17) is 0 Å². The highest BCUT2D eigenvalue weighted by Gasteiger charge is 2.46. The van der Waals surface area contributed by atoms with Crippen LogP contribution in [-0.4, -0.2) is 30.3 Å². The van der Waals surface area contributed by atoms with Gasteiger partial charge in [-0.2, -0.15) is 0 Å². The number of hydrogen-bond acceptors (Lipinski definition) is 3. The zero-order chi connectivity index (χ0) is 18.0. The molecule has 3 rings (SSSR count). The third-order valence-corrected chi connectivity index (χ3v) is 5.66. The van der Waals surface area contributed by atoms with Crippen LogP contribution in [0.5, 0.6) is 0 Å². The van der Waals surface area contributed by atoms with Crippen LogP contribution in [0.15, 0.2) is 41.8 Å². The Bertz CT molecular complexity index is 740. The topological polar surface area (TPSA) is 40.6 Å². The van der Waals surface area contributed by atoms with E-state index in [0.717, 1.165) is 22.5 Å². The van der Waals surface area contributed by atoms with Gasteiger partial charge in [-0.25, -0.2) is 0 Å². The minimum absolute atomic E-state index is 0.0190. The van der Waals surface area contributed by atoms with Crippen LogP contribution in [0.1, 0.15) is 36.2 Å². The molecule has 2 aromatic rings. The van der Waals surface area contributed by atoms with Gasteiger partial charge in [0.2, 0.25) is 11.8 Å². The van der Waals surface area contributed by atoms with Gasteiger partial charge in [-0.05, 0) is 36.9 Å². The Morgan fingerprint density at radius 3 is 2.60 bits per heavy atom. The summed E-state index contributed by atoms with van der Waals surface area (Å²) in [5.41, 5.74) is 2.01. The van der Waals surface area contributed by atoms with Crippen molar-refractivity contribution in [2.75, 3.05) is 18.5 Å². The molecule has 0 saturated carbocycles. The zero-order valence-electron chi connectivity index (χ0n) is 14.9. The lowest BCUT2D eigenvalue weighted by Gasteiger charge is -2.29. The van der Waals surface area contributed by atoms with E-state index >= 15 is 0 Å². The largest absolute Gasteiger partial charge is 0.345 e. The second-order valence-electron chi connectivity index (χ2n) is 6.63. The fourth-order valence-electron chi connectivity index (χ4n) is 3.48. The number of benzene rings is 1. The van der Waals surface area contributed by atoms with Crippen molar-refractivity contribution >= 4 is 28.8 Å². The van der Waals surface area contributed by atoms with Crippen LogP contribution in [-0.2, 0) is 9.59 Å². The maximum Gasteiger partial charge on any atom is 0.228 e. The molecule has 1 aliphatic rings. The summed E-state index contributed by atoms with van der Waals surface area (Å²) in [5.74, 6) is -0.252. The normalized spacial score (nSPS) is 20.1. The zero-order valence-corrected chi connectivity index (χ0v) is 15.8. The molecule has 4 nitrogen and oxygen atoms in total. The molecule has 1 saturated heterocycles. The summed E-state index contributed by atoms with van der Waals surface area (Å²) in [4.78, 5) is 30.4. The molecular weight excluding hydrogens is 332 g/mol. The number of anilines is 1. The molecule has 1 aromatic carbocycles. The molecule has 0 aliphatic carbocycles. The smallest absolute Gasteiger partial charge is 0.228 e. The van der Waals surface area contributed by atoms with Crippen LogP contribution in [0.25, 0.3) is 0 Å². The number of carbonyl (C=O) groups excluding carboxylic acids is 2. The van der Waals surface area contributed by atoms with E-state index < -0.39 is 0 Å². The van der Waals surface area contributed by atoms with Gasteiger partial charge in [0, 0.05) is 30.6 Å². The van der Waals surface area contributed by atoms with Gasteiger partial charge in [0.1, 0.15) is 0 Å². The van der Waals surface area contributed by atoms with Gasteiger partial charge in [-0.1, -0.05) is 30.7 Å². The second-order valence-corrected chi connectivity index (χ2v) is 7.61. The van der Waals surface area contributed by atoms with Crippen molar-refractivity contribution in [3.8, 4) is 0 Å². The molecule has 2 amide bonds. The van der Waals surface area contributed by atoms with Crippen LogP contribution in [0.3, 0.4) is 0 Å². The fourth-order valence-corrected chi connectivity index (χ4v) is 4.36. The van der Waals surface area contributed by atoms with E-state index in [9.17, 15) is 9.59 Å². The highest BCUT2D eigenvalue weighted by atomic mass is 32.1. The molecule has 2 atom stereocenters. The lowest BCUT2D eigenvalue weighted by Crippen LogP contribution is -2.37. The Hall–Kier alpha value is -2.14. The second kappa shape index (κ2) is 7.40. The number of amides is 2. The van der Waals surface area contributed by atoms with Crippen LogP contribution >= 0.6 is 11.3 Å². The van der Waals surface area contributed by atoms with Crippen LogP contribution in [0.4, 0.5) is 5.69 Å². The third kappa shape index (κ3) is 3.47. The van der Waals surface area contributed by atoms with Crippen molar-refractivity contribution in [3.63, 3.8) is 0 Å². The Morgan fingerprint density at radius 2 is 2.00 bits per heavy atom. The first-order valence-corrected chi connectivity index (χ1v) is 9.58. The average molecular weight is 356 g/mol. The molecule has 1 fully saturated rings. The summed E-state index contributed by atoms with van der Waals surface area (Å²) in [5, 5.41) is 2.00. The first-order valence-electron chi connectivity index (χ1n) is 8.70. The Morgan fingerprint density at radius 1 is 1.28 bits per heavy atom. The van der Waals surface area contributed by atoms with Crippen molar-refractivity contribution in [3.05, 3.63) is 52.2 Å². The number of thiophene rings is 1. The van der Waals surface area contributed by atoms with E-state index in [-0.39, 0.29) is 30.2 Å². The van der Waals surface area contributed by atoms with Gasteiger partial charge in [0.15, 0.2) is 0 Å². The summed E-state index contributed by atoms with van der Waals surface area (Å²) in [6.45, 7) is 4.79. The highest BCUT2D eigenvalue weighted by molar-refractivity contribution is 7.10. The Balaban J connectivity index is 1.99. The minimum atomic E-state index is -0.330. The number of carbonyl (C=O) groups is 2. The first-order chi connectivity index (χ1) is 12.0. The molecular formula is C20H24N2O2S. The third-order valence-electron chi connectivity index (χ3n) is 4.72. The van der Waals surface area contributed by atoms with Crippen LogP contribution in [0, 0.1) is 12.8 Å². The van der Waals surface area contributed by atoms with Gasteiger partial charge in [0.05, 0.1) is 12.0 Å². The molecule has 25 heavy (non-hydrogen) atoms. The molecule has 1 aromatic heterocycles. The molecule has 0 radical (unpaired) electrons. The molecule has 0 N–H and O–H groups in total. The maximum absolute atomic E-state index is 13.0. The minimum Gasteiger partial charge on any atom is -0.345 e. The van der Waals surface area contributed by atoms with E-state index in [1.807, 2.05) is 60.6 Å². The molecule has 1 aliphatic heterocycles. The maximum atomic E-state index is 13.0. The van der Waals surface area contributed by atoms with E-state index in [1.165, 1.54) is 0 Å². The van der Waals surface area contributed by atoms with Gasteiger partial charge in [-0.3, -0.25) is 9.59 Å². The van der Waals surface area contributed by atoms with E-state index in [1.54, 1.807) is 16.2 Å². The van der Waals surface area contributed by atoms with Crippen molar-refractivity contribution < 1.29 is 9.59 Å². The summed E-state index contributed by atoms with van der Waals surface area (Å²) in [6.07, 6.45) is 1.18. The Labute approximate surface area is 153 Å². The standard InChI is InChI=1S/C20H24N2O2S/c1-4-11-21(3)20(24)16-13-18(23)22(15-9-7-14(2)8-10-15)19(16)17-6-5-12-25-17/h5-10,12,16,19H,4,11,13H2,1-3H3. The van der Waals surface area contributed by atoms with Gasteiger partial charge >= 0.3 is 0 Å². The summed E-state index contributed by atoms with van der Waals surface area (Å²) in [6, 6.07) is 11.7. The molecule has 0 bridgehead atoms. The SMILES string of the molecule is CCCN(C)C(=O)C1CC(=O)N(c2ccc(C)cc2)C1c1cccs1. The number of aryl methyl sites for hydroxylation is 1. The fraction of sp³-hybridized carbons (Fsp3) is 0.400. The summed E-state index contributed by atoms with van der Waals surface area (Å²) >= 11 is 1.61. The lowest BCUT2D eigenvalue weighted by atomic mass is 9.97. The van der Waals surface area contributed by atoms with Crippen molar-refractivity contribution in [2.24, 2.45) is 5.92 Å². The quantitative estimate of drug-likeness (QED) is 0.812. The van der Waals surface area contributed by atoms with E-state index in [2.05, 4.69) is 6.92 Å². The molecule has 5 heteroatoms. The lowest BCUT2D eigenvalue weighted by molar-refractivity contribution is -0.135. The van der Waals surface area contributed by atoms with Crippen LogP contribution in [0.2, 0.25) is 0 Å².